The van der Waals surface area contributed by atoms with Gasteiger partial charge in [-0.15, -0.1) is 0 Å². The Morgan fingerprint density at radius 2 is 1.50 bits per heavy atom. The maximum Gasteiger partial charge on any atom is 0.326 e. The van der Waals surface area contributed by atoms with Crippen molar-refractivity contribution in [2.45, 2.75) is 25.8 Å². The van der Waals surface area contributed by atoms with E-state index in [4.69, 9.17) is 0 Å². The van der Waals surface area contributed by atoms with Crippen molar-refractivity contribution in [2.75, 3.05) is 6.54 Å². The van der Waals surface area contributed by atoms with Crippen LogP contribution < -0.4 is 5.32 Å². The van der Waals surface area contributed by atoms with Gasteiger partial charge >= 0.3 is 12.0 Å². The van der Waals surface area contributed by atoms with Gasteiger partial charge in [0.25, 0.3) is 5.91 Å². The molecule has 3 amide bonds. The Bertz CT molecular complexity index is 1380. The number of benzene rings is 4. The fraction of sp³-hybridized carbons (Fsp3) is 0.167. The molecule has 0 heterocycles. The van der Waals surface area contributed by atoms with Gasteiger partial charge in [-0.25, -0.2) is 9.59 Å². The first kappa shape index (κ1) is 24.7. The first-order valence-corrected chi connectivity index (χ1v) is 11.9. The smallest absolute Gasteiger partial charge is 0.326 e. The van der Waals surface area contributed by atoms with Crippen molar-refractivity contribution in [1.29, 1.82) is 0 Å². The second-order valence-electron chi connectivity index (χ2n) is 8.63. The van der Waals surface area contributed by atoms with Crippen molar-refractivity contribution in [3.63, 3.8) is 0 Å². The topological polar surface area (TPSA) is 86.7 Å². The molecule has 0 fully saturated rings. The average Bonchev–Trinajstić information content (AvgIpc) is 2.91. The van der Waals surface area contributed by atoms with Crippen LogP contribution in [-0.4, -0.2) is 40.5 Å². The number of carboxylic acids is 1. The number of nitrogens with one attached hydrogen (secondary N) is 1. The zero-order valence-corrected chi connectivity index (χ0v) is 20.1. The Morgan fingerprint density at radius 1 is 0.806 bits per heavy atom. The summed E-state index contributed by atoms with van der Waals surface area (Å²) in [6.07, 6.45) is 0.642. The highest BCUT2D eigenvalue weighted by atomic mass is 16.4. The molecule has 0 saturated carbocycles. The van der Waals surface area contributed by atoms with Crippen molar-refractivity contribution in [1.82, 2.24) is 10.2 Å². The Kier molecular flexibility index (Phi) is 7.75. The summed E-state index contributed by atoms with van der Waals surface area (Å²) in [5.41, 5.74) is 2.96. The van der Waals surface area contributed by atoms with Gasteiger partial charge in [0.1, 0.15) is 6.04 Å². The number of carbonyl (C=O) groups is 3. The molecule has 4 aromatic carbocycles. The molecule has 1 atom stereocenters. The number of hydrogen-bond acceptors (Lipinski definition) is 3. The van der Waals surface area contributed by atoms with Crippen molar-refractivity contribution < 1.29 is 19.5 Å². The molecule has 182 valence electrons. The number of amides is 3. The number of hydrogen-bond donors (Lipinski definition) is 2. The summed E-state index contributed by atoms with van der Waals surface area (Å²) in [6, 6.07) is 28.3. The highest BCUT2D eigenvalue weighted by Gasteiger charge is 2.27. The molecule has 0 bridgehead atoms. The molecule has 36 heavy (non-hydrogen) atoms. The van der Waals surface area contributed by atoms with Crippen LogP contribution in [0.25, 0.3) is 21.9 Å². The molecular weight excluding hydrogens is 452 g/mol. The first-order valence-electron chi connectivity index (χ1n) is 11.9. The van der Waals surface area contributed by atoms with Gasteiger partial charge in [-0.3, -0.25) is 9.69 Å². The second-order valence-corrected chi connectivity index (χ2v) is 8.63. The number of urea groups is 1. The minimum absolute atomic E-state index is 0.101. The fourth-order valence-electron chi connectivity index (χ4n) is 4.17. The van der Waals surface area contributed by atoms with Gasteiger partial charge in [-0.2, -0.15) is 0 Å². The van der Waals surface area contributed by atoms with E-state index in [1.165, 1.54) is 0 Å². The minimum atomic E-state index is -1.18. The van der Waals surface area contributed by atoms with Crippen LogP contribution >= 0.6 is 0 Å². The maximum atomic E-state index is 13.3. The quantitative estimate of drug-likeness (QED) is 0.335. The van der Waals surface area contributed by atoms with Crippen molar-refractivity contribution >= 4 is 28.7 Å². The molecule has 4 aromatic rings. The van der Waals surface area contributed by atoms with Crippen LogP contribution in [0.1, 0.15) is 29.3 Å². The van der Waals surface area contributed by atoms with Crippen LogP contribution in [0, 0.1) is 0 Å². The van der Waals surface area contributed by atoms with Crippen LogP contribution in [-0.2, 0) is 11.2 Å². The molecule has 0 spiro atoms. The summed E-state index contributed by atoms with van der Waals surface area (Å²) in [5.74, 6) is -1.63. The van der Waals surface area contributed by atoms with Crippen molar-refractivity contribution in [3.8, 4) is 11.1 Å². The summed E-state index contributed by atoms with van der Waals surface area (Å²) >= 11 is 0. The predicted octanol–water partition coefficient (Wildman–Crippen LogP) is 5.76. The zero-order valence-electron chi connectivity index (χ0n) is 20.1. The lowest BCUT2D eigenvalue weighted by atomic mass is 10.0. The lowest BCUT2D eigenvalue weighted by Gasteiger charge is -2.24. The number of fused-ring (bicyclic) bond motifs is 1. The summed E-state index contributed by atoms with van der Waals surface area (Å²) in [6.45, 7) is 2.03. The normalized spacial score (nSPS) is 11.6. The Balaban J connectivity index is 1.53. The van der Waals surface area contributed by atoms with Gasteiger partial charge in [0.15, 0.2) is 0 Å². The van der Waals surface area contributed by atoms with Crippen LogP contribution in [0.4, 0.5) is 4.79 Å². The number of carboxylic acid groups (broad SMARTS) is 1. The first-order chi connectivity index (χ1) is 17.5. The molecule has 0 unspecified atom stereocenters. The van der Waals surface area contributed by atoms with Gasteiger partial charge in [0.05, 0.1) is 0 Å². The van der Waals surface area contributed by atoms with E-state index in [1.807, 2.05) is 85.8 Å². The van der Waals surface area contributed by atoms with Crippen molar-refractivity contribution in [3.05, 3.63) is 108 Å². The molecule has 0 aliphatic rings. The third-order valence-corrected chi connectivity index (χ3v) is 6.00. The zero-order chi connectivity index (χ0) is 25.5. The number of carbonyl (C=O) groups excluding carboxylic acids is 2. The van der Waals surface area contributed by atoms with E-state index in [1.54, 1.807) is 18.2 Å². The van der Waals surface area contributed by atoms with E-state index < -0.39 is 23.9 Å². The van der Waals surface area contributed by atoms with E-state index >= 15 is 0 Å². The lowest BCUT2D eigenvalue weighted by molar-refractivity contribution is -0.139. The average molecular weight is 481 g/mol. The third-order valence-electron chi connectivity index (χ3n) is 6.00. The molecular formula is C30H28N2O4. The van der Waals surface area contributed by atoms with E-state index in [9.17, 15) is 19.5 Å². The van der Waals surface area contributed by atoms with E-state index in [0.29, 0.717) is 12.0 Å². The number of nitrogens with zero attached hydrogens (tertiary/aromatic N) is 1. The second kappa shape index (κ2) is 11.3. The highest BCUT2D eigenvalue weighted by Crippen LogP contribution is 2.21. The minimum Gasteiger partial charge on any atom is -0.480 e. The standard InChI is InChI=1S/C30H28N2O4/c1-2-17-32(28(33)26-14-8-13-25(20-26)22-9-4-3-5-10-22)30(36)31-27(29(34)35)19-21-15-16-23-11-6-7-12-24(23)18-21/h3-16,18,20,27H,2,17,19H2,1H3,(H,31,36)(H,34,35)/t27-/m0/s1. The number of aliphatic carboxylic acids is 1. The predicted molar refractivity (Wildman–Crippen MR) is 141 cm³/mol. The van der Waals surface area contributed by atoms with Crippen molar-refractivity contribution in [2.24, 2.45) is 0 Å². The fourth-order valence-corrected chi connectivity index (χ4v) is 4.17. The molecule has 6 heteroatoms. The number of imide groups is 1. The van der Waals surface area contributed by atoms with Crippen LogP contribution in [0.15, 0.2) is 97.1 Å². The highest BCUT2D eigenvalue weighted by molar-refractivity contribution is 6.05. The van der Waals surface area contributed by atoms with E-state index in [2.05, 4.69) is 5.32 Å². The monoisotopic (exact) mass is 480 g/mol. The van der Waals surface area contributed by atoms with Gasteiger partial charge in [0, 0.05) is 18.5 Å². The molecule has 0 aliphatic carbocycles. The molecule has 0 saturated heterocycles. The van der Waals surface area contributed by atoms with Gasteiger partial charge in [-0.1, -0.05) is 91.9 Å². The number of rotatable bonds is 8. The lowest BCUT2D eigenvalue weighted by Crippen LogP contribution is -2.51. The maximum absolute atomic E-state index is 13.3. The summed E-state index contributed by atoms with van der Waals surface area (Å²) in [5, 5.41) is 14.4. The van der Waals surface area contributed by atoms with Gasteiger partial charge < -0.3 is 10.4 Å². The molecule has 2 N–H and O–H groups in total. The van der Waals surface area contributed by atoms with Crippen LogP contribution in [0.5, 0.6) is 0 Å². The molecule has 0 aromatic heterocycles. The Labute approximate surface area is 210 Å². The SMILES string of the molecule is CCCN(C(=O)N[C@@H](Cc1ccc2ccccc2c1)C(=O)O)C(=O)c1cccc(-c2ccccc2)c1. The molecule has 0 aliphatic heterocycles. The van der Waals surface area contributed by atoms with Crippen LogP contribution in [0.2, 0.25) is 0 Å². The largest absolute Gasteiger partial charge is 0.480 e. The summed E-state index contributed by atoms with van der Waals surface area (Å²) in [4.78, 5) is 39.6. The molecule has 4 rings (SSSR count). The van der Waals surface area contributed by atoms with Gasteiger partial charge in [0.2, 0.25) is 0 Å². The van der Waals surface area contributed by atoms with Crippen LogP contribution in [0.3, 0.4) is 0 Å². The van der Waals surface area contributed by atoms with Gasteiger partial charge in [-0.05, 0) is 46.0 Å². The van der Waals surface area contributed by atoms with E-state index in [-0.39, 0.29) is 13.0 Å². The Hall–Kier alpha value is -4.45. The summed E-state index contributed by atoms with van der Waals surface area (Å²) < 4.78 is 0. The third kappa shape index (κ3) is 5.78. The Morgan fingerprint density at radius 3 is 2.22 bits per heavy atom. The summed E-state index contributed by atoms with van der Waals surface area (Å²) in [7, 11) is 0. The van der Waals surface area contributed by atoms with E-state index in [0.717, 1.165) is 32.4 Å². The molecule has 6 nitrogen and oxygen atoms in total. The molecule has 0 radical (unpaired) electrons.